The molecule has 0 aliphatic heterocycles. The van der Waals surface area contributed by atoms with Gasteiger partial charge < -0.3 is 10.6 Å². The molecule has 5 heteroatoms. The maximum absolute atomic E-state index is 13.1. The molecule has 0 saturated heterocycles. The standard InChI is InChI=1S/C17H18ClFN2S/c1-10-4-5-11(2)14(8-10)12(3)20-17(22)21-13-6-7-16(19)15(18)9-13/h4-9,12H,1-3H3,(H2,20,21,22)/t12-/m0/s1. The van der Waals surface area contributed by atoms with Crippen molar-refractivity contribution in [1.29, 1.82) is 0 Å². The minimum Gasteiger partial charge on any atom is -0.356 e. The number of anilines is 1. The molecular weight excluding hydrogens is 319 g/mol. The van der Waals surface area contributed by atoms with Gasteiger partial charge in [-0.05, 0) is 62.3 Å². The maximum atomic E-state index is 13.1. The zero-order chi connectivity index (χ0) is 16.3. The lowest BCUT2D eigenvalue weighted by Crippen LogP contribution is -2.31. The van der Waals surface area contributed by atoms with Crippen LogP contribution >= 0.6 is 23.8 Å². The van der Waals surface area contributed by atoms with Gasteiger partial charge in [0.1, 0.15) is 5.82 Å². The van der Waals surface area contributed by atoms with E-state index in [0.29, 0.717) is 10.8 Å². The minimum atomic E-state index is -0.449. The molecule has 0 spiro atoms. The van der Waals surface area contributed by atoms with Crippen LogP contribution in [-0.2, 0) is 0 Å². The first-order valence-electron chi connectivity index (χ1n) is 6.96. The molecule has 0 bridgehead atoms. The van der Waals surface area contributed by atoms with Crippen LogP contribution in [0.1, 0.15) is 29.7 Å². The van der Waals surface area contributed by atoms with Crippen molar-refractivity contribution in [3.8, 4) is 0 Å². The summed E-state index contributed by atoms with van der Waals surface area (Å²) in [5, 5.41) is 6.78. The Labute approximate surface area is 140 Å². The van der Waals surface area contributed by atoms with Crippen molar-refractivity contribution in [2.75, 3.05) is 5.32 Å². The Morgan fingerprint density at radius 1 is 1.18 bits per heavy atom. The summed E-state index contributed by atoms with van der Waals surface area (Å²) in [5.74, 6) is -0.449. The first kappa shape index (κ1) is 16.7. The van der Waals surface area contributed by atoms with Crippen LogP contribution in [-0.4, -0.2) is 5.11 Å². The van der Waals surface area contributed by atoms with E-state index in [1.165, 1.54) is 28.8 Å². The second-order valence-corrected chi connectivity index (χ2v) is 6.12. The van der Waals surface area contributed by atoms with E-state index in [4.69, 9.17) is 23.8 Å². The smallest absolute Gasteiger partial charge is 0.171 e. The molecule has 2 nitrogen and oxygen atoms in total. The highest BCUT2D eigenvalue weighted by Crippen LogP contribution is 2.21. The zero-order valence-corrected chi connectivity index (χ0v) is 14.3. The first-order chi connectivity index (χ1) is 10.4. The predicted octanol–water partition coefficient (Wildman–Crippen LogP) is 5.14. The summed E-state index contributed by atoms with van der Waals surface area (Å²) in [6, 6.07) is 10.8. The summed E-state index contributed by atoms with van der Waals surface area (Å²) >= 11 is 11.1. The molecule has 2 aromatic rings. The second kappa shape index (κ2) is 7.07. The Balaban J connectivity index is 2.05. The van der Waals surface area contributed by atoms with Gasteiger partial charge >= 0.3 is 0 Å². The molecule has 0 aliphatic rings. The summed E-state index contributed by atoms with van der Waals surface area (Å²) in [4.78, 5) is 0. The Morgan fingerprint density at radius 2 is 1.91 bits per heavy atom. The van der Waals surface area contributed by atoms with Crippen molar-refractivity contribution in [2.45, 2.75) is 26.8 Å². The third-order valence-corrected chi connectivity index (χ3v) is 3.94. The topological polar surface area (TPSA) is 24.1 Å². The predicted molar refractivity (Wildman–Crippen MR) is 95.1 cm³/mol. The van der Waals surface area contributed by atoms with E-state index in [9.17, 15) is 4.39 Å². The van der Waals surface area contributed by atoms with Crippen LogP contribution in [0.5, 0.6) is 0 Å². The maximum Gasteiger partial charge on any atom is 0.171 e. The van der Waals surface area contributed by atoms with Gasteiger partial charge in [-0.2, -0.15) is 0 Å². The van der Waals surface area contributed by atoms with Gasteiger partial charge in [-0.25, -0.2) is 4.39 Å². The van der Waals surface area contributed by atoms with Gasteiger partial charge in [0, 0.05) is 5.69 Å². The molecular formula is C17H18ClFN2S. The lowest BCUT2D eigenvalue weighted by atomic mass is 10.0. The van der Waals surface area contributed by atoms with Crippen LogP contribution < -0.4 is 10.6 Å². The van der Waals surface area contributed by atoms with E-state index in [0.717, 1.165) is 0 Å². The van der Waals surface area contributed by atoms with Gasteiger partial charge in [0.2, 0.25) is 0 Å². The zero-order valence-electron chi connectivity index (χ0n) is 12.7. The third-order valence-electron chi connectivity index (χ3n) is 3.43. The number of thiocarbonyl (C=S) groups is 1. The summed E-state index contributed by atoms with van der Waals surface area (Å²) in [6.45, 7) is 6.18. The summed E-state index contributed by atoms with van der Waals surface area (Å²) < 4.78 is 13.1. The van der Waals surface area contributed by atoms with Gasteiger partial charge in [0.05, 0.1) is 11.1 Å². The largest absolute Gasteiger partial charge is 0.356 e. The third kappa shape index (κ3) is 4.18. The fourth-order valence-corrected chi connectivity index (χ4v) is 2.72. The Kier molecular flexibility index (Phi) is 5.37. The van der Waals surface area contributed by atoms with E-state index >= 15 is 0 Å². The molecule has 0 aliphatic carbocycles. The fraction of sp³-hybridized carbons (Fsp3) is 0.235. The summed E-state index contributed by atoms with van der Waals surface area (Å²) in [6.07, 6.45) is 0. The highest BCUT2D eigenvalue weighted by atomic mass is 35.5. The van der Waals surface area contributed by atoms with E-state index in [-0.39, 0.29) is 11.1 Å². The second-order valence-electron chi connectivity index (χ2n) is 5.31. The molecule has 2 N–H and O–H groups in total. The highest BCUT2D eigenvalue weighted by molar-refractivity contribution is 7.80. The van der Waals surface area contributed by atoms with Crippen molar-refractivity contribution in [1.82, 2.24) is 5.32 Å². The normalized spacial score (nSPS) is 11.9. The van der Waals surface area contributed by atoms with Gasteiger partial charge in [-0.15, -0.1) is 0 Å². The highest BCUT2D eigenvalue weighted by Gasteiger charge is 2.10. The van der Waals surface area contributed by atoms with Crippen molar-refractivity contribution < 1.29 is 4.39 Å². The number of benzene rings is 2. The lowest BCUT2D eigenvalue weighted by molar-refractivity contribution is 0.628. The number of rotatable bonds is 3. The fourth-order valence-electron chi connectivity index (χ4n) is 2.24. The molecule has 0 heterocycles. The van der Waals surface area contributed by atoms with Crippen LogP contribution in [0, 0.1) is 19.7 Å². The number of halogens is 2. The van der Waals surface area contributed by atoms with E-state index in [1.54, 1.807) is 6.07 Å². The molecule has 1 atom stereocenters. The number of aryl methyl sites for hydroxylation is 2. The van der Waals surface area contributed by atoms with Crippen LogP contribution in [0.25, 0.3) is 0 Å². The van der Waals surface area contributed by atoms with Crippen molar-refractivity contribution in [2.24, 2.45) is 0 Å². The molecule has 0 fully saturated rings. The van der Waals surface area contributed by atoms with Crippen LogP contribution in [0.2, 0.25) is 5.02 Å². The SMILES string of the molecule is Cc1ccc(C)c([C@H](C)NC(=S)Nc2ccc(F)c(Cl)c2)c1. The molecule has 0 amide bonds. The first-order valence-corrected chi connectivity index (χ1v) is 7.75. The molecule has 2 rings (SSSR count). The molecule has 2 aromatic carbocycles. The Hall–Kier alpha value is -1.65. The number of nitrogens with one attached hydrogen (secondary N) is 2. The number of hydrogen-bond acceptors (Lipinski definition) is 1. The van der Waals surface area contributed by atoms with E-state index < -0.39 is 5.82 Å². The van der Waals surface area contributed by atoms with Gasteiger partial charge in [0.25, 0.3) is 0 Å². The summed E-state index contributed by atoms with van der Waals surface area (Å²) in [7, 11) is 0. The lowest BCUT2D eigenvalue weighted by Gasteiger charge is -2.19. The molecule has 0 unspecified atom stereocenters. The average molecular weight is 337 g/mol. The molecule has 0 saturated carbocycles. The summed E-state index contributed by atoms with van der Waals surface area (Å²) in [5.41, 5.74) is 4.26. The van der Waals surface area contributed by atoms with Crippen LogP contribution in [0.4, 0.5) is 10.1 Å². The van der Waals surface area contributed by atoms with E-state index in [1.807, 2.05) is 6.92 Å². The van der Waals surface area contributed by atoms with Crippen LogP contribution in [0.15, 0.2) is 36.4 Å². The molecule has 116 valence electrons. The minimum absolute atomic E-state index is 0.0652. The monoisotopic (exact) mass is 336 g/mol. The van der Waals surface area contributed by atoms with Crippen LogP contribution in [0.3, 0.4) is 0 Å². The molecule has 0 aromatic heterocycles. The van der Waals surface area contributed by atoms with Crippen molar-refractivity contribution >= 4 is 34.6 Å². The Morgan fingerprint density at radius 3 is 2.59 bits per heavy atom. The van der Waals surface area contributed by atoms with Crippen molar-refractivity contribution in [3.63, 3.8) is 0 Å². The molecule has 0 radical (unpaired) electrons. The average Bonchev–Trinajstić information content (AvgIpc) is 2.45. The van der Waals surface area contributed by atoms with Gasteiger partial charge in [0.15, 0.2) is 5.11 Å². The Bertz CT molecular complexity index is 703. The van der Waals surface area contributed by atoms with Gasteiger partial charge in [-0.1, -0.05) is 35.4 Å². The van der Waals surface area contributed by atoms with E-state index in [2.05, 4.69) is 42.7 Å². The van der Waals surface area contributed by atoms with Gasteiger partial charge in [-0.3, -0.25) is 0 Å². The quantitative estimate of drug-likeness (QED) is 0.758. The number of hydrogen-bond donors (Lipinski definition) is 2. The molecule has 22 heavy (non-hydrogen) atoms. The van der Waals surface area contributed by atoms with Crippen molar-refractivity contribution in [3.05, 3.63) is 63.9 Å².